The van der Waals surface area contributed by atoms with E-state index < -0.39 is 12.0 Å². The lowest BCUT2D eigenvalue weighted by Crippen LogP contribution is -2.44. The lowest BCUT2D eigenvalue weighted by molar-refractivity contribution is -0.142. The molecule has 2 atom stereocenters. The van der Waals surface area contributed by atoms with Gasteiger partial charge in [0.25, 0.3) is 0 Å². The van der Waals surface area contributed by atoms with Gasteiger partial charge in [-0.05, 0) is 38.4 Å². The van der Waals surface area contributed by atoms with Crippen LogP contribution in [-0.2, 0) is 9.59 Å². The molecule has 2 N–H and O–H groups in total. The van der Waals surface area contributed by atoms with Crippen molar-refractivity contribution >= 4 is 23.6 Å². The predicted octanol–water partition coefficient (Wildman–Crippen LogP) is 0.261. The van der Waals surface area contributed by atoms with Gasteiger partial charge in [-0.1, -0.05) is 0 Å². The second-order valence-corrected chi connectivity index (χ2v) is 5.41. The van der Waals surface area contributed by atoms with Crippen molar-refractivity contribution in [3.05, 3.63) is 0 Å². The number of hydrogen-bond donors (Lipinski definition) is 2. The predicted molar refractivity (Wildman–Crippen MR) is 68.2 cm³/mol. The minimum Gasteiger partial charge on any atom is -0.480 e. The van der Waals surface area contributed by atoms with Gasteiger partial charge >= 0.3 is 5.97 Å². The van der Waals surface area contributed by atoms with Crippen LogP contribution >= 0.6 is 11.8 Å². The van der Waals surface area contributed by atoms with Gasteiger partial charge in [0.15, 0.2) is 0 Å². The molecule has 0 aliphatic carbocycles. The van der Waals surface area contributed by atoms with E-state index in [-0.39, 0.29) is 11.8 Å². The Morgan fingerprint density at radius 1 is 1.59 bits per heavy atom. The fourth-order valence-corrected chi connectivity index (χ4v) is 2.40. The number of aliphatic carboxylic acids is 1. The van der Waals surface area contributed by atoms with E-state index in [1.165, 1.54) is 0 Å². The Morgan fingerprint density at radius 3 is 2.76 bits per heavy atom. The lowest BCUT2D eigenvalue weighted by Gasteiger charge is -2.17. The van der Waals surface area contributed by atoms with E-state index in [4.69, 9.17) is 5.11 Å². The highest BCUT2D eigenvalue weighted by Crippen LogP contribution is 2.14. The van der Waals surface area contributed by atoms with Crippen molar-refractivity contribution in [2.45, 2.75) is 18.9 Å². The number of carbonyl (C=O) groups is 2. The molecule has 0 spiro atoms. The Hall–Kier alpha value is -0.750. The van der Waals surface area contributed by atoms with E-state index in [2.05, 4.69) is 10.2 Å². The van der Waals surface area contributed by atoms with Crippen LogP contribution in [0.5, 0.6) is 0 Å². The molecule has 98 valence electrons. The summed E-state index contributed by atoms with van der Waals surface area (Å²) in [5.74, 6) is -0.389. The van der Waals surface area contributed by atoms with Crippen molar-refractivity contribution in [3.8, 4) is 0 Å². The number of thioether (sulfide) groups is 1. The summed E-state index contributed by atoms with van der Waals surface area (Å²) in [6, 6.07) is -0.749. The molecule has 1 aliphatic heterocycles. The minimum atomic E-state index is -0.946. The Labute approximate surface area is 106 Å². The van der Waals surface area contributed by atoms with Crippen LogP contribution in [0, 0.1) is 5.92 Å². The third-order valence-electron chi connectivity index (χ3n) is 2.99. The SMILES string of the molecule is CSCC[C@H](NC(=O)C1CCN(C)C1)C(=O)O. The summed E-state index contributed by atoms with van der Waals surface area (Å²) in [5.41, 5.74) is 0. The number of carboxylic acids is 1. The monoisotopic (exact) mass is 260 g/mol. The molecule has 17 heavy (non-hydrogen) atoms. The maximum Gasteiger partial charge on any atom is 0.326 e. The van der Waals surface area contributed by atoms with Crippen LogP contribution in [0.1, 0.15) is 12.8 Å². The molecule has 1 saturated heterocycles. The Morgan fingerprint density at radius 2 is 2.29 bits per heavy atom. The molecule has 1 unspecified atom stereocenters. The Bertz CT molecular complexity index is 286. The van der Waals surface area contributed by atoms with Crippen molar-refractivity contribution in [1.29, 1.82) is 0 Å². The first-order valence-electron chi connectivity index (χ1n) is 5.75. The second kappa shape index (κ2) is 6.86. The van der Waals surface area contributed by atoms with E-state index in [1.54, 1.807) is 11.8 Å². The number of carbonyl (C=O) groups excluding carboxylic acids is 1. The molecule has 0 radical (unpaired) electrons. The van der Waals surface area contributed by atoms with Gasteiger partial charge in [0.05, 0.1) is 5.92 Å². The van der Waals surface area contributed by atoms with Crippen molar-refractivity contribution in [2.75, 3.05) is 32.1 Å². The second-order valence-electron chi connectivity index (χ2n) is 4.43. The number of nitrogens with zero attached hydrogens (tertiary/aromatic N) is 1. The number of rotatable bonds is 6. The first-order valence-corrected chi connectivity index (χ1v) is 7.14. The summed E-state index contributed by atoms with van der Waals surface area (Å²) >= 11 is 1.58. The summed E-state index contributed by atoms with van der Waals surface area (Å²) < 4.78 is 0. The molecular weight excluding hydrogens is 240 g/mol. The number of hydrogen-bond acceptors (Lipinski definition) is 4. The summed E-state index contributed by atoms with van der Waals surface area (Å²) in [6.07, 6.45) is 3.22. The summed E-state index contributed by atoms with van der Waals surface area (Å²) in [6.45, 7) is 1.63. The maximum absolute atomic E-state index is 11.9. The molecule has 1 heterocycles. The first kappa shape index (κ1) is 14.3. The zero-order valence-electron chi connectivity index (χ0n) is 10.3. The molecule has 5 nitrogen and oxygen atoms in total. The maximum atomic E-state index is 11.9. The largest absolute Gasteiger partial charge is 0.480 e. The highest BCUT2D eigenvalue weighted by Gasteiger charge is 2.29. The van der Waals surface area contributed by atoms with Crippen LogP contribution in [0.3, 0.4) is 0 Å². The van der Waals surface area contributed by atoms with Crippen LogP contribution in [0.15, 0.2) is 0 Å². The molecule has 0 saturated carbocycles. The lowest BCUT2D eigenvalue weighted by atomic mass is 10.1. The number of amides is 1. The standard InChI is InChI=1S/C11H20N2O3S/c1-13-5-3-8(7-13)10(14)12-9(11(15)16)4-6-17-2/h8-9H,3-7H2,1-2H3,(H,12,14)(H,15,16)/t8?,9-/m0/s1. The molecule has 0 aromatic carbocycles. The number of carboxylic acid groups (broad SMARTS) is 1. The van der Waals surface area contributed by atoms with Crippen LogP contribution in [0.2, 0.25) is 0 Å². The highest BCUT2D eigenvalue weighted by molar-refractivity contribution is 7.98. The van der Waals surface area contributed by atoms with E-state index in [9.17, 15) is 9.59 Å². The third-order valence-corrected chi connectivity index (χ3v) is 3.63. The average Bonchev–Trinajstić information content (AvgIpc) is 2.70. The zero-order valence-corrected chi connectivity index (χ0v) is 11.1. The number of likely N-dealkylation sites (tertiary alicyclic amines) is 1. The van der Waals surface area contributed by atoms with Crippen molar-refractivity contribution in [1.82, 2.24) is 10.2 Å². The van der Waals surface area contributed by atoms with Gasteiger partial charge < -0.3 is 15.3 Å². The van der Waals surface area contributed by atoms with Crippen LogP contribution in [0.4, 0.5) is 0 Å². The van der Waals surface area contributed by atoms with E-state index in [1.807, 2.05) is 13.3 Å². The fourth-order valence-electron chi connectivity index (χ4n) is 1.93. The van der Waals surface area contributed by atoms with Gasteiger partial charge in [-0.2, -0.15) is 11.8 Å². The first-order chi connectivity index (χ1) is 8.04. The number of nitrogens with one attached hydrogen (secondary N) is 1. The zero-order chi connectivity index (χ0) is 12.8. The molecule has 1 amide bonds. The van der Waals surface area contributed by atoms with Gasteiger partial charge in [-0.15, -0.1) is 0 Å². The molecule has 1 rings (SSSR count). The van der Waals surface area contributed by atoms with E-state index in [0.717, 1.165) is 25.3 Å². The summed E-state index contributed by atoms with van der Waals surface area (Å²) in [7, 11) is 1.97. The van der Waals surface area contributed by atoms with Crippen molar-refractivity contribution in [2.24, 2.45) is 5.92 Å². The fraction of sp³-hybridized carbons (Fsp3) is 0.818. The average molecular weight is 260 g/mol. The van der Waals surface area contributed by atoms with Crippen molar-refractivity contribution < 1.29 is 14.7 Å². The third kappa shape index (κ3) is 4.55. The Kier molecular flexibility index (Phi) is 5.77. The van der Waals surface area contributed by atoms with Crippen LogP contribution in [-0.4, -0.2) is 60.1 Å². The normalized spacial score (nSPS) is 22.4. The molecule has 0 aromatic rings. The van der Waals surface area contributed by atoms with E-state index in [0.29, 0.717) is 6.42 Å². The molecule has 0 bridgehead atoms. The summed E-state index contributed by atoms with van der Waals surface area (Å²) in [5, 5.41) is 11.6. The van der Waals surface area contributed by atoms with Gasteiger partial charge in [0, 0.05) is 6.54 Å². The van der Waals surface area contributed by atoms with Gasteiger partial charge in [-0.25, -0.2) is 4.79 Å². The molecule has 6 heteroatoms. The minimum absolute atomic E-state index is 0.0591. The smallest absolute Gasteiger partial charge is 0.326 e. The van der Waals surface area contributed by atoms with Crippen molar-refractivity contribution in [3.63, 3.8) is 0 Å². The van der Waals surface area contributed by atoms with Crippen LogP contribution in [0.25, 0.3) is 0 Å². The van der Waals surface area contributed by atoms with E-state index >= 15 is 0 Å². The molecular formula is C11H20N2O3S. The van der Waals surface area contributed by atoms with Crippen LogP contribution < -0.4 is 5.32 Å². The quantitative estimate of drug-likeness (QED) is 0.717. The topological polar surface area (TPSA) is 69.6 Å². The Balaban J connectivity index is 2.43. The summed E-state index contributed by atoms with van der Waals surface area (Å²) in [4.78, 5) is 24.9. The molecule has 0 aromatic heterocycles. The van der Waals surface area contributed by atoms with Gasteiger partial charge in [-0.3, -0.25) is 4.79 Å². The highest BCUT2D eigenvalue weighted by atomic mass is 32.2. The van der Waals surface area contributed by atoms with Gasteiger partial charge in [0.2, 0.25) is 5.91 Å². The molecule has 1 fully saturated rings. The van der Waals surface area contributed by atoms with Gasteiger partial charge in [0.1, 0.15) is 6.04 Å². The molecule has 1 aliphatic rings.